The van der Waals surface area contributed by atoms with E-state index in [-0.39, 0.29) is 4.83 Å². The first-order valence-electron chi connectivity index (χ1n) is 5.69. The van der Waals surface area contributed by atoms with Crippen LogP contribution >= 0.6 is 43.2 Å². The highest BCUT2D eigenvalue weighted by Crippen LogP contribution is 2.45. The normalized spacial score (nSPS) is 12.3. The van der Waals surface area contributed by atoms with Gasteiger partial charge in [0.25, 0.3) is 0 Å². The van der Waals surface area contributed by atoms with Gasteiger partial charge in [-0.05, 0) is 41.1 Å². The predicted octanol–water partition coefficient (Wildman–Crippen LogP) is 5.32. The van der Waals surface area contributed by atoms with Crippen LogP contribution in [-0.2, 0) is 0 Å². The Labute approximate surface area is 134 Å². The van der Waals surface area contributed by atoms with Crippen LogP contribution in [0.2, 0.25) is 0 Å². The second-order valence-electron chi connectivity index (χ2n) is 3.99. The number of alkyl halides is 1. The SMILES string of the molecule is COc1cccc(OC)c1C(Br)c1cc(Br)c(C)s1. The molecular formula is C14H14Br2O2S. The third-order valence-corrected chi connectivity index (χ3v) is 6.30. The van der Waals surface area contributed by atoms with Gasteiger partial charge in [0.1, 0.15) is 11.5 Å². The fraction of sp³-hybridized carbons (Fsp3) is 0.286. The van der Waals surface area contributed by atoms with Crippen LogP contribution in [0, 0.1) is 6.92 Å². The van der Waals surface area contributed by atoms with Crippen molar-refractivity contribution in [1.82, 2.24) is 0 Å². The van der Waals surface area contributed by atoms with Crippen molar-refractivity contribution in [2.24, 2.45) is 0 Å². The van der Waals surface area contributed by atoms with Crippen molar-refractivity contribution in [3.05, 3.63) is 44.1 Å². The lowest BCUT2D eigenvalue weighted by Crippen LogP contribution is -1.99. The minimum atomic E-state index is 0.0496. The van der Waals surface area contributed by atoms with Crippen molar-refractivity contribution in [2.45, 2.75) is 11.8 Å². The molecule has 1 aromatic carbocycles. The molecule has 0 spiro atoms. The van der Waals surface area contributed by atoms with E-state index in [9.17, 15) is 0 Å². The van der Waals surface area contributed by atoms with E-state index in [1.807, 2.05) is 18.2 Å². The summed E-state index contributed by atoms with van der Waals surface area (Å²) in [5, 5.41) is 0. The van der Waals surface area contributed by atoms with E-state index < -0.39 is 0 Å². The number of hydrogen-bond acceptors (Lipinski definition) is 3. The first kappa shape index (κ1) is 14.9. The molecule has 0 N–H and O–H groups in total. The third kappa shape index (κ3) is 2.98. The van der Waals surface area contributed by atoms with E-state index in [4.69, 9.17) is 9.47 Å². The highest BCUT2D eigenvalue weighted by Gasteiger charge is 2.22. The molecule has 0 aliphatic carbocycles. The number of thiophene rings is 1. The zero-order chi connectivity index (χ0) is 14.0. The Kier molecular flexibility index (Phi) is 4.92. The number of aryl methyl sites for hydroxylation is 1. The zero-order valence-electron chi connectivity index (χ0n) is 10.9. The van der Waals surface area contributed by atoms with Gasteiger partial charge in [-0.2, -0.15) is 0 Å². The summed E-state index contributed by atoms with van der Waals surface area (Å²) in [6.07, 6.45) is 0. The Morgan fingerprint density at radius 3 is 2.16 bits per heavy atom. The predicted molar refractivity (Wildman–Crippen MR) is 87.1 cm³/mol. The fourth-order valence-electron chi connectivity index (χ4n) is 1.88. The topological polar surface area (TPSA) is 18.5 Å². The number of benzene rings is 1. The van der Waals surface area contributed by atoms with Crippen molar-refractivity contribution in [3.63, 3.8) is 0 Å². The lowest BCUT2D eigenvalue weighted by atomic mass is 10.1. The molecule has 0 saturated carbocycles. The maximum Gasteiger partial charge on any atom is 0.127 e. The number of hydrogen-bond donors (Lipinski definition) is 0. The monoisotopic (exact) mass is 404 g/mol. The molecular weight excluding hydrogens is 392 g/mol. The highest BCUT2D eigenvalue weighted by molar-refractivity contribution is 9.10. The summed E-state index contributed by atoms with van der Waals surface area (Å²) in [4.78, 5) is 2.52. The molecule has 2 rings (SSSR count). The van der Waals surface area contributed by atoms with Gasteiger partial charge in [0.15, 0.2) is 0 Å². The fourth-order valence-corrected chi connectivity index (χ4v) is 4.29. The molecule has 1 atom stereocenters. The number of ether oxygens (including phenoxy) is 2. The van der Waals surface area contributed by atoms with Crippen LogP contribution in [0.15, 0.2) is 28.7 Å². The summed E-state index contributed by atoms with van der Waals surface area (Å²) < 4.78 is 12.0. The van der Waals surface area contributed by atoms with Gasteiger partial charge in [-0.1, -0.05) is 22.0 Å². The van der Waals surface area contributed by atoms with Gasteiger partial charge in [-0.25, -0.2) is 0 Å². The van der Waals surface area contributed by atoms with Crippen LogP contribution < -0.4 is 9.47 Å². The molecule has 2 nitrogen and oxygen atoms in total. The van der Waals surface area contributed by atoms with Crippen LogP contribution in [0.1, 0.15) is 20.1 Å². The van der Waals surface area contributed by atoms with Crippen LogP contribution in [0.3, 0.4) is 0 Å². The molecule has 0 amide bonds. The molecule has 19 heavy (non-hydrogen) atoms. The molecule has 0 aliphatic rings. The molecule has 0 aliphatic heterocycles. The van der Waals surface area contributed by atoms with Crippen molar-refractivity contribution in [1.29, 1.82) is 0 Å². The van der Waals surface area contributed by atoms with Gasteiger partial charge in [0, 0.05) is 14.2 Å². The lowest BCUT2D eigenvalue weighted by molar-refractivity contribution is 0.387. The molecule has 0 radical (unpaired) electrons. The Morgan fingerprint density at radius 2 is 1.74 bits per heavy atom. The van der Waals surface area contributed by atoms with Crippen LogP contribution in [0.25, 0.3) is 0 Å². The second kappa shape index (κ2) is 6.29. The Bertz CT molecular complexity index is 539. The van der Waals surface area contributed by atoms with Crippen molar-refractivity contribution in [3.8, 4) is 11.5 Å². The van der Waals surface area contributed by atoms with Crippen molar-refractivity contribution < 1.29 is 9.47 Å². The molecule has 0 bridgehead atoms. The van der Waals surface area contributed by atoms with E-state index in [2.05, 4.69) is 44.8 Å². The molecule has 1 heterocycles. The molecule has 102 valence electrons. The average molecular weight is 406 g/mol. The van der Waals surface area contributed by atoms with Gasteiger partial charge in [0.05, 0.1) is 24.6 Å². The molecule has 0 fully saturated rings. The highest BCUT2D eigenvalue weighted by atomic mass is 79.9. The minimum absolute atomic E-state index is 0.0496. The molecule has 1 unspecified atom stereocenters. The smallest absolute Gasteiger partial charge is 0.127 e. The van der Waals surface area contributed by atoms with E-state index in [0.717, 1.165) is 21.5 Å². The maximum absolute atomic E-state index is 5.45. The second-order valence-corrected chi connectivity index (χ2v) is 7.05. The first-order valence-corrected chi connectivity index (χ1v) is 8.21. The first-order chi connectivity index (χ1) is 9.08. The Balaban J connectivity index is 2.50. The summed E-state index contributed by atoms with van der Waals surface area (Å²) in [6.45, 7) is 2.09. The van der Waals surface area contributed by atoms with Gasteiger partial charge < -0.3 is 9.47 Å². The lowest BCUT2D eigenvalue weighted by Gasteiger charge is -2.16. The van der Waals surface area contributed by atoms with Gasteiger partial charge in [-0.3, -0.25) is 0 Å². The Morgan fingerprint density at radius 1 is 1.16 bits per heavy atom. The number of halogens is 2. The van der Waals surface area contributed by atoms with Gasteiger partial charge >= 0.3 is 0 Å². The molecule has 2 aromatic rings. The molecule has 1 aromatic heterocycles. The largest absolute Gasteiger partial charge is 0.496 e. The van der Waals surface area contributed by atoms with Gasteiger partial charge in [-0.15, -0.1) is 11.3 Å². The third-order valence-electron chi connectivity index (χ3n) is 2.85. The maximum atomic E-state index is 5.45. The number of methoxy groups -OCH3 is 2. The quantitative estimate of drug-likeness (QED) is 0.640. The van der Waals surface area contributed by atoms with Crippen LogP contribution in [-0.4, -0.2) is 14.2 Å². The Hall–Kier alpha value is -0.520. The van der Waals surface area contributed by atoms with E-state index in [1.165, 1.54) is 9.75 Å². The van der Waals surface area contributed by atoms with Crippen LogP contribution in [0.5, 0.6) is 11.5 Å². The summed E-state index contributed by atoms with van der Waals surface area (Å²) in [5.41, 5.74) is 1.02. The summed E-state index contributed by atoms with van der Waals surface area (Å²) in [7, 11) is 3.35. The summed E-state index contributed by atoms with van der Waals surface area (Å²) in [5.74, 6) is 1.65. The van der Waals surface area contributed by atoms with Crippen molar-refractivity contribution in [2.75, 3.05) is 14.2 Å². The number of rotatable bonds is 4. The summed E-state index contributed by atoms with van der Waals surface area (Å²) in [6, 6.07) is 7.95. The van der Waals surface area contributed by atoms with Gasteiger partial charge in [0.2, 0.25) is 0 Å². The average Bonchev–Trinajstić information content (AvgIpc) is 2.76. The van der Waals surface area contributed by atoms with Crippen molar-refractivity contribution >= 4 is 43.2 Å². The molecule has 0 saturated heterocycles. The summed E-state index contributed by atoms with van der Waals surface area (Å²) >= 11 is 9.06. The van der Waals surface area contributed by atoms with E-state index >= 15 is 0 Å². The molecule has 5 heteroatoms. The zero-order valence-corrected chi connectivity index (χ0v) is 14.9. The van der Waals surface area contributed by atoms with Crippen LogP contribution in [0.4, 0.5) is 0 Å². The van der Waals surface area contributed by atoms with E-state index in [1.54, 1.807) is 25.6 Å². The minimum Gasteiger partial charge on any atom is -0.496 e. The standard InChI is InChI=1S/C14H14Br2O2S/c1-8-9(15)7-12(19-8)14(16)13-10(17-2)5-4-6-11(13)18-3/h4-7,14H,1-3H3. The van der Waals surface area contributed by atoms with E-state index in [0.29, 0.717) is 0 Å².